The van der Waals surface area contributed by atoms with Gasteiger partial charge in [0.2, 0.25) is 5.91 Å². The van der Waals surface area contributed by atoms with Crippen molar-refractivity contribution in [2.45, 2.75) is 32.2 Å². The third-order valence-corrected chi connectivity index (χ3v) is 6.15. The first kappa shape index (κ1) is 22.9. The van der Waals surface area contributed by atoms with Crippen LogP contribution >= 0.6 is 0 Å². The van der Waals surface area contributed by atoms with Gasteiger partial charge >= 0.3 is 0 Å². The highest BCUT2D eigenvalue weighted by molar-refractivity contribution is 5.95. The highest BCUT2D eigenvalue weighted by Crippen LogP contribution is 2.22. The van der Waals surface area contributed by atoms with Gasteiger partial charge in [0, 0.05) is 32.7 Å². The fraction of sp³-hybridized carbons (Fsp3) is 0.333. The van der Waals surface area contributed by atoms with Crippen LogP contribution in [0.2, 0.25) is 0 Å². The highest BCUT2D eigenvalue weighted by Gasteiger charge is 2.19. The van der Waals surface area contributed by atoms with Crippen molar-refractivity contribution in [3.63, 3.8) is 0 Å². The number of halogens is 1. The number of nitrogens with zero attached hydrogens (tertiary/aromatic N) is 3. The van der Waals surface area contributed by atoms with Crippen LogP contribution in [0.15, 0.2) is 72.9 Å². The van der Waals surface area contributed by atoms with Gasteiger partial charge in [-0.3, -0.25) is 9.69 Å². The second kappa shape index (κ2) is 11.1. The monoisotopic (exact) mass is 446 g/mol. The van der Waals surface area contributed by atoms with Gasteiger partial charge in [-0.25, -0.2) is 9.37 Å². The smallest absolute Gasteiger partial charge is 0.231 e. The first-order valence-electron chi connectivity index (χ1n) is 11.7. The van der Waals surface area contributed by atoms with Crippen LogP contribution in [0.25, 0.3) is 0 Å². The molecule has 0 bridgehead atoms. The van der Waals surface area contributed by atoms with Crippen LogP contribution in [-0.2, 0) is 11.3 Å². The molecule has 1 fully saturated rings. The van der Waals surface area contributed by atoms with E-state index in [0.717, 1.165) is 62.5 Å². The Balaban J connectivity index is 1.33. The summed E-state index contributed by atoms with van der Waals surface area (Å²) in [6.07, 6.45) is 3.49. The maximum Gasteiger partial charge on any atom is 0.231 e. The first-order chi connectivity index (χ1) is 16.1. The molecule has 33 heavy (non-hydrogen) atoms. The quantitative estimate of drug-likeness (QED) is 0.551. The number of carbonyl (C=O) groups excluding carboxylic acids is 1. The summed E-state index contributed by atoms with van der Waals surface area (Å²) in [5, 5.41) is 3.01. The van der Waals surface area contributed by atoms with Crippen molar-refractivity contribution in [3.05, 3.63) is 89.9 Å². The van der Waals surface area contributed by atoms with Gasteiger partial charge in [0.15, 0.2) is 0 Å². The zero-order valence-electron chi connectivity index (χ0n) is 19.1. The molecule has 1 amide bonds. The molecule has 1 saturated heterocycles. The zero-order chi connectivity index (χ0) is 23.0. The van der Waals surface area contributed by atoms with Gasteiger partial charge in [-0.1, -0.05) is 49.4 Å². The van der Waals surface area contributed by atoms with Crippen LogP contribution in [0.1, 0.15) is 36.8 Å². The van der Waals surface area contributed by atoms with Gasteiger partial charge in [-0.2, -0.15) is 0 Å². The van der Waals surface area contributed by atoms with Crippen LogP contribution in [0, 0.1) is 5.82 Å². The lowest BCUT2D eigenvalue weighted by molar-refractivity contribution is -0.117. The molecule has 6 heteroatoms. The molecule has 172 valence electrons. The Morgan fingerprint density at radius 3 is 2.61 bits per heavy atom. The summed E-state index contributed by atoms with van der Waals surface area (Å²) in [6.45, 7) is 6.43. The van der Waals surface area contributed by atoms with Crippen molar-refractivity contribution in [2.75, 3.05) is 36.4 Å². The molecule has 1 aromatic heterocycles. The summed E-state index contributed by atoms with van der Waals surface area (Å²) in [5.41, 5.74) is 2.73. The van der Waals surface area contributed by atoms with Gasteiger partial charge in [0.05, 0.1) is 17.8 Å². The molecule has 1 aliphatic rings. The molecule has 0 saturated carbocycles. The minimum atomic E-state index is -0.186. The van der Waals surface area contributed by atoms with Crippen LogP contribution in [-0.4, -0.2) is 42.0 Å². The molecule has 1 aliphatic heterocycles. The molecule has 0 spiro atoms. The molecule has 2 heterocycles. The number of nitrogens with one attached hydrogen (secondary N) is 1. The van der Waals surface area contributed by atoms with E-state index in [1.807, 2.05) is 55.5 Å². The van der Waals surface area contributed by atoms with Crippen LogP contribution in [0.5, 0.6) is 0 Å². The topological polar surface area (TPSA) is 48.5 Å². The predicted octanol–water partition coefficient (Wildman–Crippen LogP) is 5.07. The number of carbonyl (C=O) groups is 1. The lowest BCUT2D eigenvalue weighted by Gasteiger charge is -2.23. The molecule has 1 atom stereocenters. The van der Waals surface area contributed by atoms with Gasteiger partial charge in [0.25, 0.3) is 0 Å². The molecule has 5 nitrogen and oxygen atoms in total. The van der Waals surface area contributed by atoms with Crippen molar-refractivity contribution >= 4 is 17.4 Å². The number of aromatic nitrogens is 1. The van der Waals surface area contributed by atoms with E-state index >= 15 is 0 Å². The van der Waals surface area contributed by atoms with Crippen molar-refractivity contribution in [1.29, 1.82) is 0 Å². The molecule has 0 aliphatic carbocycles. The summed E-state index contributed by atoms with van der Waals surface area (Å²) in [4.78, 5) is 22.1. The van der Waals surface area contributed by atoms with E-state index in [4.69, 9.17) is 0 Å². The Hall–Kier alpha value is -3.25. The number of hydrogen-bond donors (Lipinski definition) is 1. The number of pyridine rings is 1. The summed E-state index contributed by atoms with van der Waals surface area (Å²) in [6, 6.07) is 20.6. The van der Waals surface area contributed by atoms with E-state index in [1.54, 1.807) is 18.3 Å². The number of anilines is 2. The molecule has 0 radical (unpaired) electrons. The van der Waals surface area contributed by atoms with E-state index in [-0.39, 0.29) is 17.6 Å². The normalized spacial score (nSPS) is 15.6. The molecular weight excluding hydrogens is 415 g/mol. The van der Waals surface area contributed by atoms with E-state index in [1.165, 1.54) is 6.07 Å². The minimum absolute atomic E-state index is 0.0130. The van der Waals surface area contributed by atoms with Gasteiger partial charge in [0.1, 0.15) is 11.6 Å². The molecule has 4 rings (SSSR count). The van der Waals surface area contributed by atoms with Crippen LogP contribution < -0.4 is 10.2 Å². The Labute approximate surface area is 195 Å². The average Bonchev–Trinajstić information content (AvgIpc) is 3.06. The van der Waals surface area contributed by atoms with E-state index in [0.29, 0.717) is 5.69 Å². The zero-order valence-corrected chi connectivity index (χ0v) is 19.1. The minimum Gasteiger partial charge on any atom is -0.355 e. The third-order valence-electron chi connectivity index (χ3n) is 6.15. The lowest BCUT2D eigenvalue weighted by Crippen LogP contribution is -2.31. The summed E-state index contributed by atoms with van der Waals surface area (Å²) < 4.78 is 13.5. The fourth-order valence-electron chi connectivity index (χ4n) is 4.39. The standard InChI is InChI=1S/C27H31FN4O/c1-2-25(22-9-4-3-5-10-22)27(33)30-24-12-13-26(29-19-24)32-15-7-14-31(16-17-32)20-21-8-6-11-23(28)18-21/h3-6,8-13,18-19,25H,2,7,14-17,20H2,1H3,(H,30,33)/t25-/m1/s1. The van der Waals surface area contributed by atoms with Crippen molar-refractivity contribution in [1.82, 2.24) is 9.88 Å². The summed E-state index contributed by atoms with van der Waals surface area (Å²) in [7, 11) is 0. The second-order valence-corrected chi connectivity index (χ2v) is 8.51. The van der Waals surface area contributed by atoms with E-state index in [9.17, 15) is 9.18 Å². The van der Waals surface area contributed by atoms with Gasteiger partial charge < -0.3 is 10.2 Å². The molecule has 1 N–H and O–H groups in total. The Morgan fingerprint density at radius 2 is 1.88 bits per heavy atom. The Bertz CT molecular complexity index is 1040. The van der Waals surface area contributed by atoms with Crippen molar-refractivity contribution < 1.29 is 9.18 Å². The van der Waals surface area contributed by atoms with Gasteiger partial charge in [-0.05, 0) is 48.2 Å². The summed E-state index contributed by atoms with van der Waals surface area (Å²) >= 11 is 0. The largest absolute Gasteiger partial charge is 0.355 e. The number of hydrogen-bond acceptors (Lipinski definition) is 4. The fourth-order valence-corrected chi connectivity index (χ4v) is 4.39. The van der Waals surface area contributed by atoms with Crippen LogP contribution in [0.4, 0.5) is 15.9 Å². The molecule has 0 unspecified atom stereocenters. The first-order valence-corrected chi connectivity index (χ1v) is 11.7. The van der Waals surface area contributed by atoms with E-state index in [2.05, 4.69) is 20.1 Å². The Morgan fingerprint density at radius 1 is 1.03 bits per heavy atom. The molecular formula is C27H31FN4O. The Kier molecular flexibility index (Phi) is 7.68. The van der Waals surface area contributed by atoms with Crippen molar-refractivity contribution in [2.24, 2.45) is 0 Å². The second-order valence-electron chi connectivity index (χ2n) is 8.51. The van der Waals surface area contributed by atoms with Gasteiger partial charge in [-0.15, -0.1) is 0 Å². The molecule has 2 aromatic carbocycles. The number of rotatable bonds is 7. The summed E-state index contributed by atoms with van der Waals surface area (Å²) in [5.74, 6) is 0.534. The van der Waals surface area contributed by atoms with E-state index < -0.39 is 0 Å². The number of amides is 1. The number of benzene rings is 2. The highest BCUT2D eigenvalue weighted by atomic mass is 19.1. The third kappa shape index (κ3) is 6.17. The van der Waals surface area contributed by atoms with Crippen molar-refractivity contribution in [3.8, 4) is 0 Å². The lowest BCUT2D eigenvalue weighted by atomic mass is 9.95. The maximum atomic E-state index is 13.5. The maximum absolute atomic E-state index is 13.5. The predicted molar refractivity (Wildman–Crippen MR) is 131 cm³/mol. The van der Waals surface area contributed by atoms with Crippen LogP contribution in [0.3, 0.4) is 0 Å². The SMILES string of the molecule is CC[C@@H](C(=O)Nc1ccc(N2CCCN(Cc3cccc(F)c3)CC2)nc1)c1ccccc1. The molecule has 3 aromatic rings. The average molecular weight is 447 g/mol.